The first-order chi connectivity index (χ1) is 21.3. The zero-order chi connectivity index (χ0) is 32.4. The molecule has 0 saturated heterocycles. The highest BCUT2D eigenvalue weighted by atomic mass is 79.9. The molecular weight excluding hydrogens is 662 g/mol. The minimum atomic E-state index is -3.70. The van der Waals surface area contributed by atoms with E-state index in [1.54, 1.807) is 42.6 Å². The van der Waals surface area contributed by atoms with Crippen LogP contribution in [-0.4, -0.2) is 56.9 Å². The molecule has 2 amide bonds. The summed E-state index contributed by atoms with van der Waals surface area (Å²) >= 11 is 3.26. The topological polar surface area (TPSA) is 173 Å². The number of hydrogen-bond acceptors (Lipinski definition) is 9. The molecule has 0 unspecified atom stereocenters. The fourth-order valence-electron chi connectivity index (χ4n) is 4.49. The molecule has 3 aromatic heterocycles. The molecule has 12 nitrogen and oxygen atoms in total. The Kier molecular flexibility index (Phi) is 8.98. The van der Waals surface area contributed by atoms with Crippen molar-refractivity contribution in [1.29, 1.82) is 0 Å². The lowest BCUT2D eigenvalue weighted by molar-refractivity contribution is -0.111. The smallest absolute Gasteiger partial charge is 0.315 e. The number of halogens is 1. The number of rotatable bonds is 9. The van der Waals surface area contributed by atoms with E-state index in [1.807, 2.05) is 39.0 Å². The van der Waals surface area contributed by atoms with Gasteiger partial charge in [0.15, 0.2) is 21.3 Å². The van der Waals surface area contributed by atoms with E-state index in [2.05, 4.69) is 51.7 Å². The number of nitrogens with zero attached hydrogens (tertiary/aromatic N) is 4. The molecule has 3 N–H and O–H groups in total. The van der Waals surface area contributed by atoms with Gasteiger partial charge in [-0.15, -0.1) is 0 Å². The summed E-state index contributed by atoms with van der Waals surface area (Å²) in [5, 5.41) is 9.95. The Morgan fingerprint density at radius 2 is 1.84 bits per heavy atom. The van der Waals surface area contributed by atoms with Gasteiger partial charge in [-0.05, 0) is 35.4 Å². The summed E-state index contributed by atoms with van der Waals surface area (Å²) in [4.78, 5) is 41.6. The number of para-hydroxylation sites is 1. The number of anilines is 1. The quantitative estimate of drug-likeness (QED) is 0.139. The van der Waals surface area contributed by atoms with Gasteiger partial charge in [-0.25, -0.2) is 18.4 Å². The van der Waals surface area contributed by atoms with Gasteiger partial charge in [-0.1, -0.05) is 72.2 Å². The number of aromatic nitrogens is 5. The fraction of sp³-hybridized carbons (Fsp3) is 0.226. The maximum absolute atomic E-state index is 12.9. The van der Waals surface area contributed by atoms with Gasteiger partial charge in [0.1, 0.15) is 5.82 Å². The number of allylic oxidation sites excluding steroid dienone is 1. The summed E-state index contributed by atoms with van der Waals surface area (Å²) in [6.45, 7) is 5.60. The molecule has 0 saturated carbocycles. The van der Waals surface area contributed by atoms with Crippen LogP contribution in [0.2, 0.25) is 0 Å². The Balaban J connectivity index is 1.46. The molecule has 0 bridgehead atoms. The number of carbonyl (C=O) groups excluding carboxylic acids is 2. The van der Waals surface area contributed by atoms with Crippen LogP contribution in [0.5, 0.6) is 0 Å². The van der Waals surface area contributed by atoms with E-state index in [9.17, 15) is 18.0 Å². The summed E-state index contributed by atoms with van der Waals surface area (Å²) in [6, 6.07) is 14.0. The van der Waals surface area contributed by atoms with Gasteiger partial charge < -0.3 is 20.1 Å². The predicted octanol–water partition coefficient (Wildman–Crippen LogP) is 5.20. The number of nitrogens with one attached hydrogen (secondary N) is 3. The monoisotopic (exact) mass is 691 g/mol. The SMILES string of the molecule is CC(C)(C)c1noc(C(=O)NCc2ccc(-c3ccnc4nc(-c5ccccc5NC(=O)/C=C/CBr)[nH]c34)cc2S(C)(=O)=O)n1. The number of alkyl halides is 1. The molecule has 0 atom stereocenters. The second-order valence-electron chi connectivity index (χ2n) is 11.2. The van der Waals surface area contributed by atoms with E-state index < -0.39 is 21.2 Å². The van der Waals surface area contributed by atoms with E-state index in [-0.39, 0.29) is 23.2 Å². The maximum atomic E-state index is 12.9. The molecule has 0 aliphatic heterocycles. The minimum absolute atomic E-state index is 0.0514. The lowest BCUT2D eigenvalue weighted by Crippen LogP contribution is -2.24. The van der Waals surface area contributed by atoms with Gasteiger partial charge in [0.05, 0.1) is 16.1 Å². The predicted molar refractivity (Wildman–Crippen MR) is 174 cm³/mol. The lowest BCUT2D eigenvalue weighted by Gasteiger charge is -2.12. The van der Waals surface area contributed by atoms with Gasteiger partial charge in [0.25, 0.3) is 0 Å². The second kappa shape index (κ2) is 12.7. The summed E-state index contributed by atoms with van der Waals surface area (Å²) in [5.41, 5.74) is 3.46. The minimum Gasteiger partial charge on any atom is -0.344 e. The zero-order valence-electron chi connectivity index (χ0n) is 24.9. The second-order valence-corrected chi connectivity index (χ2v) is 13.8. The third-order valence-corrected chi connectivity index (χ3v) is 8.25. The van der Waals surface area contributed by atoms with Gasteiger partial charge in [-0.2, -0.15) is 4.98 Å². The standard InChI is InChI=1S/C31H30BrN7O5S/c1-31(2,3)30-38-29(44-39-30)28(41)34-17-19-12-11-18(16-23(19)45(4,42)43)20-13-15-33-27-25(20)36-26(37-27)21-8-5-6-9-22(21)35-24(40)10-7-14-32/h5-13,15-16H,14,17H2,1-4H3,(H,34,41)(H,35,40)(H,33,36,37)/b10-7+. The number of fused-ring (bicyclic) bond motifs is 1. The largest absolute Gasteiger partial charge is 0.344 e. The molecule has 232 valence electrons. The number of pyridine rings is 1. The van der Waals surface area contributed by atoms with Crippen molar-refractivity contribution in [2.24, 2.45) is 0 Å². The van der Waals surface area contributed by atoms with Crippen molar-refractivity contribution in [1.82, 2.24) is 30.4 Å². The van der Waals surface area contributed by atoms with E-state index in [1.165, 1.54) is 6.08 Å². The summed E-state index contributed by atoms with van der Waals surface area (Å²) in [5.74, 6) is -0.242. The summed E-state index contributed by atoms with van der Waals surface area (Å²) < 4.78 is 30.9. The van der Waals surface area contributed by atoms with E-state index >= 15 is 0 Å². The first kappa shape index (κ1) is 31.7. The van der Waals surface area contributed by atoms with Crippen LogP contribution in [0.1, 0.15) is 42.8 Å². The Morgan fingerprint density at radius 3 is 2.56 bits per heavy atom. The van der Waals surface area contributed by atoms with Crippen LogP contribution in [0.25, 0.3) is 33.7 Å². The highest BCUT2D eigenvalue weighted by Crippen LogP contribution is 2.33. The first-order valence-electron chi connectivity index (χ1n) is 13.8. The van der Waals surface area contributed by atoms with Gasteiger partial charge in [-0.3, -0.25) is 9.59 Å². The summed E-state index contributed by atoms with van der Waals surface area (Å²) in [6.07, 6.45) is 5.83. The van der Waals surface area contributed by atoms with Crippen LogP contribution in [0.3, 0.4) is 0 Å². The van der Waals surface area contributed by atoms with Crippen LogP contribution >= 0.6 is 15.9 Å². The molecule has 0 aliphatic carbocycles. The normalized spacial score (nSPS) is 12.1. The molecule has 45 heavy (non-hydrogen) atoms. The van der Waals surface area contributed by atoms with Crippen molar-refractivity contribution in [2.45, 2.75) is 37.6 Å². The molecule has 2 aromatic carbocycles. The first-order valence-corrected chi connectivity index (χ1v) is 16.8. The number of H-pyrrole nitrogens is 1. The van der Waals surface area contributed by atoms with Crippen LogP contribution in [0.15, 0.2) is 76.3 Å². The molecule has 5 rings (SSSR count). The number of carbonyl (C=O) groups is 2. The molecule has 3 heterocycles. The van der Waals surface area contributed by atoms with E-state index in [4.69, 9.17) is 4.52 Å². The fourth-order valence-corrected chi connectivity index (χ4v) is 5.63. The number of imidazole rings is 1. The Labute approximate surface area is 267 Å². The van der Waals surface area contributed by atoms with Crippen LogP contribution in [0, 0.1) is 0 Å². The van der Waals surface area contributed by atoms with E-state index in [0.29, 0.717) is 56.1 Å². The van der Waals surface area contributed by atoms with E-state index in [0.717, 1.165) is 6.26 Å². The molecule has 0 spiro atoms. The van der Waals surface area contributed by atoms with Crippen molar-refractivity contribution in [2.75, 3.05) is 16.9 Å². The maximum Gasteiger partial charge on any atom is 0.315 e. The third kappa shape index (κ3) is 7.18. The van der Waals surface area contributed by atoms with Crippen LogP contribution < -0.4 is 10.6 Å². The van der Waals surface area contributed by atoms with Crippen molar-refractivity contribution >= 4 is 54.4 Å². The van der Waals surface area contributed by atoms with Crippen LogP contribution in [-0.2, 0) is 26.6 Å². The zero-order valence-corrected chi connectivity index (χ0v) is 27.3. The van der Waals surface area contributed by atoms with Gasteiger partial charge in [0, 0.05) is 46.9 Å². The third-order valence-electron chi connectivity index (χ3n) is 6.70. The van der Waals surface area contributed by atoms with Gasteiger partial charge in [0.2, 0.25) is 5.91 Å². The number of sulfone groups is 1. The Hall–Kier alpha value is -4.69. The van der Waals surface area contributed by atoms with Crippen molar-refractivity contribution in [3.8, 4) is 22.5 Å². The van der Waals surface area contributed by atoms with Crippen molar-refractivity contribution in [3.63, 3.8) is 0 Å². The number of hydrogen-bond donors (Lipinski definition) is 3. The Bertz CT molecular complexity index is 2040. The number of benzene rings is 2. The number of amides is 2. The molecule has 0 aliphatic rings. The lowest BCUT2D eigenvalue weighted by atomic mass is 9.96. The average Bonchev–Trinajstić information content (AvgIpc) is 3.67. The molecule has 0 fully saturated rings. The van der Waals surface area contributed by atoms with Crippen LogP contribution in [0.4, 0.5) is 5.69 Å². The molecule has 0 radical (unpaired) electrons. The molecular formula is C31H30BrN7O5S. The molecule has 14 heteroatoms. The summed E-state index contributed by atoms with van der Waals surface area (Å²) in [7, 11) is -3.70. The highest BCUT2D eigenvalue weighted by Gasteiger charge is 2.24. The van der Waals surface area contributed by atoms with Crippen molar-refractivity contribution in [3.05, 3.63) is 84.2 Å². The van der Waals surface area contributed by atoms with Gasteiger partial charge >= 0.3 is 11.8 Å². The number of aromatic amines is 1. The van der Waals surface area contributed by atoms with Crippen molar-refractivity contribution < 1.29 is 22.5 Å². The Morgan fingerprint density at radius 1 is 1.07 bits per heavy atom. The average molecular weight is 693 g/mol. The highest BCUT2D eigenvalue weighted by molar-refractivity contribution is 9.09. The molecule has 5 aromatic rings.